The fourth-order valence-corrected chi connectivity index (χ4v) is 1.70. The maximum atomic E-state index is 11.2. The van der Waals surface area contributed by atoms with E-state index in [1.54, 1.807) is 0 Å². The summed E-state index contributed by atoms with van der Waals surface area (Å²) in [6.07, 6.45) is 4.02. The van der Waals surface area contributed by atoms with E-state index in [9.17, 15) is 4.79 Å². The molecule has 0 aliphatic heterocycles. The highest BCUT2D eigenvalue weighted by Crippen LogP contribution is 2.37. The van der Waals surface area contributed by atoms with E-state index < -0.39 is 0 Å². The summed E-state index contributed by atoms with van der Waals surface area (Å²) in [6.45, 7) is 6.61. The van der Waals surface area contributed by atoms with E-state index >= 15 is 0 Å². The number of hydrogen-bond acceptors (Lipinski definition) is 2. The van der Waals surface area contributed by atoms with Gasteiger partial charge in [-0.15, -0.1) is 0 Å². The molecule has 0 amide bonds. The molecule has 0 spiro atoms. The Morgan fingerprint density at radius 3 is 2.54 bits per heavy atom. The Morgan fingerprint density at radius 2 is 2.15 bits per heavy atom. The first-order chi connectivity index (χ1) is 5.95. The number of carbonyl (C=O) groups excluding carboxylic acids is 1. The van der Waals surface area contributed by atoms with Gasteiger partial charge in [0.2, 0.25) is 0 Å². The van der Waals surface area contributed by atoms with Crippen molar-refractivity contribution < 1.29 is 9.53 Å². The molecule has 74 valence electrons. The number of methoxy groups -OCH3 is 1. The zero-order valence-electron chi connectivity index (χ0n) is 8.89. The molecule has 1 atom stereocenters. The van der Waals surface area contributed by atoms with Gasteiger partial charge in [0.1, 0.15) is 0 Å². The lowest BCUT2D eigenvalue weighted by molar-refractivity contribution is -0.136. The van der Waals surface area contributed by atoms with Gasteiger partial charge in [-0.05, 0) is 24.2 Å². The SMILES string of the molecule is COC(=O)C1=CC(C(C)(C)C)CC1. The number of ether oxygens (including phenoxy) is 1. The third-order valence-electron chi connectivity index (χ3n) is 2.69. The number of hydrogen-bond donors (Lipinski definition) is 0. The van der Waals surface area contributed by atoms with Crippen LogP contribution in [0.1, 0.15) is 33.6 Å². The zero-order valence-corrected chi connectivity index (χ0v) is 8.89. The van der Waals surface area contributed by atoms with Gasteiger partial charge in [-0.3, -0.25) is 0 Å². The van der Waals surface area contributed by atoms with Gasteiger partial charge >= 0.3 is 5.97 Å². The normalized spacial score (nSPS) is 22.8. The van der Waals surface area contributed by atoms with Crippen molar-refractivity contribution in [3.63, 3.8) is 0 Å². The molecule has 1 aliphatic rings. The average molecular weight is 182 g/mol. The van der Waals surface area contributed by atoms with Crippen molar-refractivity contribution in [2.45, 2.75) is 33.6 Å². The predicted octanol–water partition coefficient (Wildman–Crippen LogP) is 2.54. The lowest BCUT2D eigenvalue weighted by Gasteiger charge is -2.24. The lowest BCUT2D eigenvalue weighted by Crippen LogP contribution is -2.15. The fourth-order valence-electron chi connectivity index (χ4n) is 1.70. The van der Waals surface area contributed by atoms with Gasteiger partial charge in [-0.2, -0.15) is 0 Å². The fraction of sp³-hybridized carbons (Fsp3) is 0.727. The second-order valence-corrected chi connectivity index (χ2v) is 4.69. The highest BCUT2D eigenvalue weighted by atomic mass is 16.5. The van der Waals surface area contributed by atoms with Crippen molar-refractivity contribution in [2.24, 2.45) is 11.3 Å². The summed E-state index contributed by atoms with van der Waals surface area (Å²) < 4.78 is 4.69. The van der Waals surface area contributed by atoms with E-state index in [1.165, 1.54) is 7.11 Å². The molecule has 13 heavy (non-hydrogen) atoms. The molecule has 0 bridgehead atoms. The van der Waals surface area contributed by atoms with E-state index in [0.29, 0.717) is 5.92 Å². The Kier molecular flexibility index (Phi) is 2.79. The summed E-state index contributed by atoms with van der Waals surface area (Å²) in [5.41, 5.74) is 1.11. The molecule has 0 fully saturated rings. The number of carbonyl (C=O) groups is 1. The van der Waals surface area contributed by atoms with Crippen molar-refractivity contribution in [3.8, 4) is 0 Å². The van der Waals surface area contributed by atoms with Crippen LogP contribution < -0.4 is 0 Å². The van der Waals surface area contributed by atoms with Crippen LogP contribution in [0.4, 0.5) is 0 Å². The summed E-state index contributed by atoms with van der Waals surface area (Å²) in [5.74, 6) is 0.355. The monoisotopic (exact) mass is 182 g/mol. The van der Waals surface area contributed by atoms with Crippen LogP contribution in [0.25, 0.3) is 0 Å². The van der Waals surface area contributed by atoms with Gasteiger partial charge in [0.15, 0.2) is 0 Å². The smallest absolute Gasteiger partial charge is 0.333 e. The highest BCUT2D eigenvalue weighted by Gasteiger charge is 2.29. The third-order valence-corrected chi connectivity index (χ3v) is 2.69. The lowest BCUT2D eigenvalue weighted by atomic mass is 9.81. The molecule has 1 unspecified atom stereocenters. The van der Waals surface area contributed by atoms with Crippen molar-refractivity contribution in [2.75, 3.05) is 7.11 Å². The van der Waals surface area contributed by atoms with Gasteiger partial charge in [0.05, 0.1) is 7.11 Å². The molecule has 0 aromatic heterocycles. The minimum absolute atomic E-state index is 0.160. The maximum absolute atomic E-state index is 11.2. The largest absolute Gasteiger partial charge is 0.466 e. The molecular weight excluding hydrogens is 164 g/mol. The Labute approximate surface area is 80.0 Å². The first kappa shape index (κ1) is 10.3. The number of rotatable bonds is 1. The molecule has 0 saturated heterocycles. The molecule has 0 N–H and O–H groups in total. The second-order valence-electron chi connectivity index (χ2n) is 4.69. The summed E-state index contributed by atoms with van der Waals surface area (Å²) in [6, 6.07) is 0. The van der Waals surface area contributed by atoms with E-state index in [0.717, 1.165) is 18.4 Å². The summed E-state index contributed by atoms with van der Waals surface area (Å²) in [5, 5.41) is 0. The average Bonchev–Trinajstić information content (AvgIpc) is 2.50. The van der Waals surface area contributed by atoms with Gasteiger partial charge in [0.25, 0.3) is 0 Å². The Morgan fingerprint density at radius 1 is 1.54 bits per heavy atom. The molecule has 0 radical (unpaired) electrons. The minimum atomic E-state index is -0.160. The summed E-state index contributed by atoms with van der Waals surface area (Å²) in [7, 11) is 1.44. The van der Waals surface area contributed by atoms with Crippen LogP contribution in [-0.4, -0.2) is 13.1 Å². The molecule has 0 aromatic carbocycles. The number of allylic oxidation sites excluding steroid dienone is 1. The molecule has 0 saturated carbocycles. The van der Waals surface area contributed by atoms with Crippen LogP contribution >= 0.6 is 0 Å². The molecular formula is C11H18O2. The molecule has 0 heterocycles. The predicted molar refractivity (Wildman–Crippen MR) is 52.3 cm³/mol. The van der Waals surface area contributed by atoms with Crippen LogP contribution in [-0.2, 0) is 9.53 Å². The van der Waals surface area contributed by atoms with E-state index in [2.05, 4.69) is 31.6 Å². The zero-order chi connectivity index (χ0) is 10.1. The van der Waals surface area contributed by atoms with E-state index in [-0.39, 0.29) is 11.4 Å². The Hall–Kier alpha value is -0.790. The summed E-state index contributed by atoms with van der Waals surface area (Å²) in [4.78, 5) is 11.2. The standard InChI is InChI=1S/C11H18O2/c1-11(2,3)9-6-5-8(7-9)10(12)13-4/h7,9H,5-6H2,1-4H3. The van der Waals surface area contributed by atoms with Crippen LogP contribution in [0.5, 0.6) is 0 Å². The summed E-state index contributed by atoms with van der Waals surface area (Å²) >= 11 is 0. The first-order valence-corrected chi connectivity index (χ1v) is 4.74. The maximum Gasteiger partial charge on any atom is 0.333 e. The van der Waals surface area contributed by atoms with Crippen molar-refractivity contribution in [3.05, 3.63) is 11.6 Å². The molecule has 2 heteroatoms. The van der Waals surface area contributed by atoms with Gasteiger partial charge in [0, 0.05) is 5.57 Å². The van der Waals surface area contributed by atoms with Crippen LogP contribution in [0, 0.1) is 11.3 Å². The molecule has 1 rings (SSSR count). The Balaban J connectivity index is 2.69. The van der Waals surface area contributed by atoms with Crippen LogP contribution in [0.15, 0.2) is 11.6 Å². The van der Waals surface area contributed by atoms with Gasteiger partial charge < -0.3 is 4.74 Å². The quantitative estimate of drug-likeness (QED) is 0.582. The first-order valence-electron chi connectivity index (χ1n) is 4.74. The highest BCUT2D eigenvalue weighted by molar-refractivity contribution is 5.88. The Bertz CT molecular complexity index is 233. The molecule has 1 aliphatic carbocycles. The molecule has 0 aromatic rings. The van der Waals surface area contributed by atoms with E-state index in [1.807, 2.05) is 0 Å². The second kappa shape index (κ2) is 3.52. The van der Waals surface area contributed by atoms with Gasteiger partial charge in [-0.1, -0.05) is 26.8 Å². The van der Waals surface area contributed by atoms with Crippen LogP contribution in [0.3, 0.4) is 0 Å². The number of esters is 1. The molecule has 2 nitrogen and oxygen atoms in total. The van der Waals surface area contributed by atoms with Crippen molar-refractivity contribution in [1.29, 1.82) is 0 Å². The minimum Gasteiger partial charge on any atom is -0.466 e. The van der Waals surface area contributed by atoms with E-state index in [4.69, 9.17) is 0 Å². The third kappa shape index (κ3) is 2.33. The van der Waals surface area contributed by atoms with Gasteiger partial charge in [-0.25, -0.2) is 4.79 Å². The van der Waals surface area contributed by atoms with Crippen molar-refractivity contribution in [1.82, 2.24) is 0 Å². The van der Waals surface area contributed by atoms with Crippen molar-refractivity contribution >= 4 is 5.97 Å². The van der Waals surface area contributed by atoms with Crippen LogP contribution in [0.2, 0.25) is 0 Å². The topological polar surface area (TPSA) is 26.3 Å².